The molecule has 0 saturated carbocycles. The number of hydrogen-bond donors (Lipinski definition) is 1. The number of carbonyl (C=O) groups is 1. The Morgan fingerprint density at radius 3 is 2.75 bits per heavy atom. The standard InChI is InChI=1S/C16H17N3O/c1-19(14-7-8-15(17)18-10-14)16(20)13-6-5-11-3-2-4-12(11)9-13/h5-10H,2-4H2,1H3,(H2,17,18). The van der Waals surface area contributed by atoms with E-state index in [2.05, 4.69) is 11.1 Å². The van der Waals surface area contributed by atoms with E-state index in [-0.39, 0.29) is 5.91 Å². The van der Waals surface area contributed by atoms with Crippen LogP contribution in [0, 0.1) is 0 Å². The molecule has 102 valence electrons. The molecular weight excluding hydrogens is 250 g/mol. The Morgan fingerprint density at radius 2 is 2.00 bits per heavy atom. The maximum absolute atomic E-state index is 12.5. The number of nitrogens with zero attached hydrogens (tertiary/aromatic N) is 2. The minimum absolute atomic E-state index is 0.0220. The van der Waals surface area contributed by atoms with Gasteiger partial charge in [-0.2, -0.15) is 0 Å². The number of anilines is 2. The zero-order chi connectivity index (χ0) is 14.1. The Labute approximate surface area is 118 Å². The average molecular weight is 267 g/mol. The smallest absolute Gasteiger partial charge is 0.258 e. The van der Waals surface area contributed by atoms with Crippen molar-refractivity contribution in [2.75, 3.05) is 17.7 Å². The molecule has 4 nitrogen and oxygen atoms in total. The third-order valence-corrected chi connectivity index (χ3v) is 3.81. The van der Waals surface area contributed by atoms with E-state index >= 15 is 0 Å². The van der Waals surface area contributed by atoms with Gasteiger partial charge >= 0.3 is 0 Å². The summed E-state index contributed by atoms with van der Waals surface area (Å²) in [6.45, 7) is 0. The lowest BCUT2D eigenvalue weighted by molar-refractivity contribution is 0.0993. The van der Waals surface area contributed by atoms with Crippen LogP contribution in [0.5, 0.6) is 0 Å². The van der Waals surface area contributed by atoms with Crippen LogP contribution >= 0.6 is 0 Å². The predicted octanol–water partition coefficient (Wildman–Crippen LogP) is 2.43. The van der Waals surface area contributed by atoms with E-state index in [1.54, 1.807) is 30.3 Å². The van der Waals surface area contributed by atoms with Crippen LogP contribution in [-0.2, 0) is 12.8 Å². The van der Waals surface area contributed by atoms with Crippen LogP contribution in [-0.4, -0.2) is 17.9 Å². The Balaban J connectivity index is 1.86. The fourth-order valence-corrected chi connectivity index (χ4v) is 2.61. The van der Waals surface area contributed by atoms with Crippen molar-refractivity contribution in [3.63, 3.8) is 0 Å². The van der Waals surface area contributed by atoms with E-state index in [1.807, 2.05) is 12.1 Å². The minimum atomic E-state index is -0.0220. The Bertz CT molecular complexity index is 649. The molecule has 3 rings (SSSR count). The topological polar surface area (TPSA) is 59.2 Å². The maximum Gasteiger partial charge on any atom is 0.258 e. The zero-order valence-electron chi connectivity index (χ0n) is 11.5. The number of hydrogen-bond acceptors (Lipinski definition) is 3. The number of nitrogens with two attached hydrogens (primary N) is 1. The molecule has 1 aromatic heterocycles. The SMILES string of the molecule is CN(C(=O)c1ccc2c(c1)CCC2)c1ccc(N)nc1. The second-order valence-electron chi connectivity index (χ2n) is 5.14. The molecule has 1 heterocycles. The van der Waals surface area contributed by atoms with Gasteiger partial charge in [-0.25, -0.2) is 4.98 Å². The van der Waals surface area contributed by atoms with Gasteiger partial charge in [0.2, 0.25) is 0 Å². The number of amides is 1. The van der Waals surface area contributed by atoms with Gasteiger partial charge < -0.3 is 10.6 Å². The quantitative estimate of drug-likeness (QED) is 0.909. The van der Waals surface area contributed by atoms with Gasteiger partial charge in [-0.3, -0.25) is 4.79 Å². The molecule has 0 bridgehead atoms. The van der Waals surface area contributed by atoms with Crippen LogP contribution in [0.4, 0.5) is 11.5 Å². The highest BCUT2D eigenvalue weighted by molar-refractivity contribution is 6.05. The Hall–Kier alpha value is -2.36. The van der Waals surface area contributed by atoms with Gasteiger partial charge in [0.1, 0.15) is 5.82 Å². The van der Waals surface area contributed by atoms with Crippen molar-refractivity contribution in [3.8, 4) is 0 Å². The Kier molecular flexibility index (Phi) is 3.14. The monoisotopic (exact) mass is 267 g/mol. The van der Waals surface area contributed by atoms with Gasteiger partial charge in [0.25, 0.3) is 5.91 Å². The first-order valence-electron chi connectivity index (χ1n) is 6.76. The first-order valence-corrected chi connectivity index (χ1v) is 6.76. The van der Waals surface area contributed by atoms with Crippen LogP contribution in [0.2, 0.25) is 0 Å². The van der Waals surface area contributed by atoms with Crippen molar-refractivity contribution in [1.29, 1.82) is 0 Å². The van der Waals surface area contributed by atoms with Gasteiger partial charge in [0.15, 0.2) is 0 Å². The van der Waals surface area contributed by atoms with Gasteiger partial charge in [0, 0.05) is 12.6 Å². The fraction of sp³-hybridized carbons (Fsp3) is 0.250. The lowest BCUT2D eigenvalue weighted by Gasteiger charge is -2.17. The summed E-state index contributed by atoms with van der Waals surface area (Å²) in [7, 11) is 1.75. The number of pyridine rings is 1. The second kappa shape index (κ2) is 4.96. The molecule has 0 aliphatic heterocycles. The molecule has 0 unspecified atom stereocenters. The van der Waals surface area contributed by atoms with Gasteiger partial charge in [0.05, 0.1) is 11.9 Å². The van der Waals surface area contributed by atoms with Crippen LogP contribution in [0.15, 0.2) is 36.5 Å². The summed E-state index contributed by atoms with van der Waals surface area (Å²) in [6, 6.07) is 9.50. The number of nitrogen functional groups attached to an aromatic ring is 1. The normalized spacial score (nSPS) is 13.1. The number of benzene rings is 1. The molecule has 20 heavy (non-hydrogen) atoms. The van der Waals surface area contributed by atoms with E-state index in [1.165, 1.54) is 17.5 Å². The highest BCUT2D eigenvalue weighted by Crippen LogP contribution is 2.24. The van der Waals surface area contributed by atoms with E-state index in [0.29, 0.717) is 5.82 Å². The van der Waals surface area contributed by atoms with E-state index < -0.39 is 0 Å². The molecule has 0 fully saturated rings. The summed E-state index contributed by atoms with van der Waals surface area (Å²) in [5, 5.41) is 0. The molecule has 0 atom stereocenters. The number of carbonyl (C=O) groups excluding carboxylic acids is 1. The lowest BCUT2D eigenvalue weighted by atomic mass is 10.1. The third kappa shape index (κ3) is 2.25. The molecule has 1 aromatic carbocycles. The summed E-state index contributed by atoms with van der Waals surface area (Å²) >= 11 is 0. The molecule has 1 amide bonds. The van der Waals surface area contributed by atoms with E-state index in [4.69, 9.17) is 5.73 Å². The van der Waals surface area contributed by atoms with Gasteiger partial charge in [-0.15, -0.1) is 0 Å². The largest absolute Gasteiger partial charge is 0.384 e. The molecule has 1 aliphatic carbocycles. The lowest BCUT2D eigenvalue weighted by Crippen LogP contribution is -2.26. The molecule has 0 radical (unpaired) electrons. The minimum Gasteiger partial charge on any atom is -0.384 e. The summed E-state index contributed by atoms with van der Waals surface area (Å²) in [4.78, 5) is 18.1. The van der Waals surface area contributed by atoms with E-state index in [9.17, 15) is 4.79 Å². The first-order chi connectivity index (χ1) is 9.65. The van der Waals surface area contributed by atoms with Crippen molar-refractivity contribution in [3.05, 3.63) is 53.2 Å². The van der Waals surface area contributed by atoms with Crippen molar-refractivity contribution in [1.82, 2.24) is 4.98 Å². The summed E-state index contributed by atoms with van der Waals surface area (Å²) in [5.41, 5.74) is 9.71. The number of aromatic nitrogens is 1. The summed E-state index contributed by atoms with van der Waals surface area (Å²) in [6.07, 6.45) is 5.00. The van der Waals surface area contributed by atoms with Crippen LogP contribution in [0.1, 0.15) is 27.9 Å². The summed E-state index contributed by atoms with van der Waals surface area (Å²) in [5.74, 6) is 0.429. The number of rotatable bonds is 2. The number of fused-ring (bicyclic) bond motifs is 1. The molecule has 2 N–H and O–H groups in total. The highest BCUT2D eigenvalue weighted by Gasteiger charge is 2.17. The van der Waals surface area contributed by atoms with Crippen LogP contribution in [0.3, 0.4) is 0 Å². The molecule has 1 aliphatic rings. The molecule has 0 saturated heterocycles. The molecular formula is C16H17N3O. The van der Waals surface area contributed by atoms with Crippen molar-refractivity contribution in [2.24, 2.45) is 0 Å². The Morgan fingerprint density at radius 1 is 1.20 bits per heavy atom. The number of aryl methyl sites for hydroxylation is 2. The van der Waals surface area contributed by atoms with Crippen LogP contribution < -0.4 is 10.6 Å². The summed E-state index contributed by atoms with van der Waals surface area (Å²) < 4.78 is 0. The van der Waals surface area contributed by atoms with Crippen molar-refractivity contribution >= 4 is 17.4 Å². The van der Waals surface area contributed by atoms with E-state index in [0.717, 1.165) is 24.1 Å². The fourth-order valence-electron chi connectivity index (χ4n) is 2.61. The average Bonchev–Trinajstić information content (AvgIpc) is 2.94. The highest BCUT2D eigenvalue weighted by atomic mass is 16.2. The third-order valence-electron chi connectivity index (χ3n) is 3.81. The van der Waals surface area contributed by atoms with Crippen LogP contribution in [0.25, 0.3) is 0 Å². The van der Waals surface area contributed by atoms with Crippen molar-refractivity contribution in [2.45, 2.75) is 19.3 Å². The molecule has 0 spiro atoms. The molecule has 4 heteroatoms. The second-order valence-corrected chi connectivity index (χ2v) is 5.14. The van der Waals surface area contributed by atoms with Crippen molar-refractivity contribution < 1.29 is 4.79 Å². The first kappa shape index (κ1) is 12.7. The predicted molar refractivity (Wildman–Crippen MR) is 79.8 cm³/mol. The van der Waals surface area contributed by atoms with Gasteiger partial charge in [-0.1, -0.05) is 6.07 Å². The maximum atomic E-state index is 12.5. The van der Waals surface area contributed by atoms with Gasteiger partial charge in [-0.05, 0) is 54.7 Å². The molecule has 2 aromatic rings. The zero-order valence-corrected chi connectivity index (χ0v) is 11.5.